The lowest BCUT2D eigenvalue weighted by molar-refractivity contribution is 0.129. The Hall–Kier alpha value is -1.33. The highest BCUT2D eigenvalue weighted by atomic mass is 35.5. The van der Waals surface area contributed by atoms with Crippen molar-refractivity contribution in [3.05, 3.63) is 34.6 Å². The molecule has 1 aliphatic rings. The van der Waals surface area contributed by atoms with Crippen molar-refractivity contribution in [1.82, 2.24) is 10.2 Å². The second-order valence-electron chi connectivity index (χ2n) is 5.58. The fraction of sp³-hybridized carbons (Fsp3) is 0.533. The number of nitrogens with one attached hydrogen (secondary N) is 1. The van der Waals surface area contributed by atoms with Gasteiger partial charge in [-0.2, -0.15) is 0 Å². The Morgan fingerprint density at radius 1 is 1.52 bits per heavy atom. The summed E-state index contributed by atoms with van der Waals surface area (Å²) < 4.78 is 13.4. The van der Waals surface area contributed by atoms with Crippen molar-refractivity contribution in [3.63, 3.8) is 0 Å². The molecule has 0 aliphatic carbocycles. The molecule has 0 saturated carbocycles. The predicted molar refractivity (Wildman–Crippen MR) is 79.7 cm³/mol. The van der Waals surface area contributed by atoms with Gasteiger partial charge in [-0.1, -0.05) is 17.7 Å². The minimum atomic E-state index is -0.495. The number of halogens is 2. The van der Waals surface area contributed by atoms with Gasteiger partial charge in [0.2, 0.25) is 0 Å². The first-order valence-corrected chi connectivity index (χ1v) is 7.44. The van der Waals surface area contributed by atoms with Crippen molar-refractivity contribution in [1.29, 1.82) is 0 Å². The number of carbonyl (C=O) groups excluding carboxylic acids is 1. The first kappa shape index (κ1) is 16.0. The predicted octanol–water partition coefficient (Wildman–Crippen LogP) is 2.95. The number of likely N-dealkylation sites (tertiary alicyclic amines) is 1. The number of urea groups is 1. The molecule has 0 bridgehead atoms. The van der Waals surface area contributed by atoms with Gasteiger partial charge in [0.15, 0.2) is 0 Å². The maximum absolute atomic E-state index is 13.4. The fourth-order valence-corrected chi connectivity index (χ4v) is 2.62. The van der Waals surface area contributed by atoms with E-state index in [0.29, 0.717) is 18.7 Å². The zero-order valence-electron chi connectivity index (χ0n) is 12.1. The lowest BCUT2D eigenvalue weighted by atomic mass is 10.0. The van der Waals surface area contributed by atoms with Crippen LogP contribution in [-0.4, -0.2) is 35.2 Å². The number of hydrogen-bond acceptors (Lipinski definition) is 2. The molecule has 0 spiro atoms. The number of aliphatic hydroxyl groups excluding tert-OH is 1. The summed E-state index contributed by atoms with van der Waals surface area (Å²) in [5.74, 6) is -0.371. The Morgan fingerprint density at radius 2 is 2.24 bits per heavy atom. The van der Waals surface area contributed by atoms with Gasteiger partial charge in [0.05, 0.1) is 17.2 Å². The summed E-state index contributed by atoms with van der Waals surface area (Å²) in [6.45, 7) is 4.71. The summed E-state index contributed by atoms with van der Waals surface area (Å²) in [5.41, 5.74) is 0.663. The lowest BCUT2D eigenvalue weighted by Gasteiger charge is -2.22. The average molecular weight is 315 g/mol. The summed E-state index contributed by atoms with van der Waals surface area (Å²) in [7, 11) is 0. The van der Waals surface area contributed by atoms with Gasteiger partial charge in [-0.15, -0.1) is 0 Å². The highest BCUT2D eigenvalue weighted by molar-refractivity contribution is 6.30. The van der Waals surface area contributed by atoms with Crippen LogP contribution in [0, 0.1) is 11.7 Å². The zero-order chi connectivity index (χ0) is 15.6. The number of carbonyl (C=O) groups is 1. The molecule has 1 aromatic carbocycles. The molecule has 2 N–H and O–H groups in total. The third kappa shape index (κ3) is 3.86. The number of benzene rings is 1. The Labute approximate surface area is 128 Å². The quantitative estimate of drug-likeness (QED) is 0.901. The van der Waals surface area contributed by atoms with E-state index in [1.54, 1.807) is 24.8 Å². The molecule has 0 radical (unpaired) electrons. The maximum Gasteiger partial charge on any atom is 0.317 e. The average Bonchev–Trinajstić information content (AvgIpc) is 2.91. The first-order chi connectivity index (χ1) is 9.88. The van der Waals surface area contributed by atoms with Crippen molar-refractivity contribution in [3.8, 4) is 0 Å². The number of nitrogens with zero attached hydrogens (tertiary/aromatic N) is 1. The van der Waals surface area contributed by atoms with E-state index in [-0.39, 0.29) is 23.0 Å². The van der Waals surface area contributed by atoms with Crippen LogP contribution in [0.25, 0.3) is 0 Å². The lowest BCUT2D eigenvalue weighted by Crippen LogP contribution is -2.40. The van der Waals surface area contributed by atoms with Crippen molar-refractivity contribution in [2.24, 2.45) is 5.92 Å². The van der Waals surface area contributed by atoms with Crippen LogP contribution in [0.1, 0.15) is 31.9 Å². The third-order valence-corrected chi connectivity index (χ3v) is 4.28. The van der Waals surface area contributed by atoms with Crippen LogP contribution in [0.4, 0.5) is 9.18 Å². The van der Waals surface area contributed by atoms with Crippen LogP contribution in [0.3, 0.4) is 0 Å². The monoisotopic (exact) mass is 314 g/mol. The van der Waals surface area contributed by atoms with Crippen molar-refractivity contribution in [2.75, 3.05) is 13.1 Å². The number of aliphatic hydroxyl groups is 1. The summed E-state index contributed by atoms with van der Waals surface area (Å²) in [6, 6.07) is 4.00. The largest absolute Gasteiger partial charge is 0.393 e. The molecule has 21 heavy (non-hydrogen) atoms. The van der Waals surface area contributed by atoms with Gasteiger partial charge in [0.25, 0.3) is 0 Å². The standard InChI is InChI=1S/C15H20ClFN2O2/c1-9(11-3-4-13(16)14(17)7-11)18-15(21)19-6-5-12(8-19)10(2)20/h3-4,7,9-10,12,20H,5-6,8H2,1-2H3,(H,18,21)/t9-,10-,12-/m0/s1. The molecule has 1 aromatic rings. The molecule has 1 heterocycles. The molecule has 0 aromatic heterocycles. The molecule has 2 amide bonds. The van der Waals surface area contributed by atoms with E-state index in [1.165, 1.54) is 12.1 Å². The van der Waals surface area contributed by atoms with Crippen LogP contribution < -0.4 is 5.32 Å². The number of amides is 2. The molecule has 1 aliphatic heterocycles. The molecule has 3 atom stereocenters. The molecular formula is C15H20ClFN2O2. The third-order valence-electron chi connectivity index (χ3n) is 3.98. The Morgan fingerprint density at radius 3 is 2.81 bits per heavy atom. The van der Waals surface area contributed by atoms with Crippen LogP contribution in [0.5, 0.6) is 0 Å². The molecule has 1 fully saturated rings. The maximum atomic E-state index is 13.4. The smallest absolute Gasteiger partial charge is 0.317 e. The summed E-state index contributed by atoms with van der Waals surface area (Å²) in [5, 5.41) is 12.5. The Bertz CT molecular complexity index is 524. The van der Waals surface area contributed by atoms with Gasteiger partial charge in [0, 0.05) is 19.0 Å². The van der Waals surface area contributed by atoms with E-state index in [9.17, 15) is 14.3 Å². The minimum Gasteiger partial charge on any atom is -0.393 e. The molecule has 6 heteroatoms. The van der Waals surface area contributed by atoms with Gasteiger partial charge >= 0.3 is 6.03 Å². The molecular weight excluding hydrogens is 295 g/mol. The van der Waals surface area contributed by atoms with Gasteiger partial charge in [-0.05, 0) is 38.0 Å². The van der Waals surface area contributed by atoms with Gasteiger partial charge in [-0.25, -0.2) is 9.18 Å². The highest BCUT2D eigenvalue weighted by Gasteiger charge is 2.29. The van der Waals surface area contributed by atoms with Crippen LogP contribution in [0.2, 0.25) is 5.02 Å². The Kier molecular flexibility index (Phi) is 5.06. The van der Waals surface area contributed by atoms with E-state index in [0.717, 1.165) is 6.42 Å². The van der Waals surface area contributed by atoms with Crippen LogP contribution in [0.15, 0.2) is 18.2 Å². The summed E-state index contributed by atoms with van der Waals surface area (Å²) in [6.07, 6.45) is 0.389. The van der Waals surface area contributed by atoms with Gasteiger partial charge in [-0.3, -0.25) is 0 Å². The normalized spacial score (nSPS) is 21.2. The van der Waals surface area contributed by atoms with E-state index in [4.69, 9.17) is 11.6 Å². The first-order valence-electron chi connectivity index (χ1n) is 7.07. The van der Waals surface area contributed by atoms with Crippen molar-refractivity contribution < 1.29 is 14.3 Å². The molecule has 116 valence electrons. The second-order valence-corrected chi connectivity index (χ2v) is 5.99. The van der Waals surface area contributed by atoms with Crippen molar-refractivity contribution >= 4 is 17.6 Å². The molecule has 1 saturated heterocycles. The van der Waals surface area contributed by atoms with E-state index in [2.05, 4.69) is 5.32 Å². The van der Waals surface area contributed by atoms with Crippen molar-refractivity contribution in [2.45, 2.75) is 32.4 Å². The zero-order valence-corrected chi connectivity index (χ0v) is 12.9. The minimum absolute atomic E-state index is 0.0663. The van der Waals surface area contributed by atoms with Gasteiger partial charge in [0.1, 0.15) is 5.82 Å². The molecule has 0 unspecified atom stereocenters. The van der Waals surface area contributed by atoms with E-state index >= 15 is 0 Å². The molecule has 4 nitrogen and oxygen atoms in total. The summed E-state index contributed by atoms with van der Waals surface area (Å²) >= 11 is 5.65. The second kappa shape index (κ2) is 6.62. The van der Waals surface area contributed by atoms with Crippen LogP contribution in [-0.2, 0) is 0 Å². The van der Waals surface area contributed by atoms with E-state index in [1.807, 2.05) is 0 Å². The Balaban J connectivity index is 1.95. The molecule has 2 rings (SSSR count). The van der Waals surface area contributed by atoms with Gasteiger partial charge < -0.3 is 15.3 Å². The van der Waals surface area contributed by atoms with Crippen LogP contribution >= 0.6 is 11.6 Å². The van der Waals surface area contributed by atoms with E-state index < -0.39 is 11.9 Å². The highest BCUT2D eigenvalue weighted by Crippen LogP contribution is 2.22. The number of hydrogen-bond donors (Lipinski definition) is 2. The SMILES string of the molecule is C[C@H](NC(=O)N1CC[C@H]([C@H](C)O)C1)c1ccc(Cl)c(F)c1. The number of rotatable bonds is 3. The fourth-order valence-electron chi connectivity index (χ4n) is 2.51. The summed E-state index contributed by atoms with van der Waals surface area (Å²) in [4.78, 5) is 13.8. The topological polar surface area (TPSA) is 52.6 Å².